The van der Waals surface area contributed by atoms with E-state index in [0.717, 1.165) is 25.2 Å². The van der Waals surface area contributed by atoms with Crippen LogP contribution in [0.2, 0.25) is 0 Å². The summed E-state index contributed by atoms with van der Waals surface area (Å²) in [5, 5.41) is 0. The second kappa shape index (κ2) is 3.27. The zero-order chi connectivity index (χ0) is 11.2. The van der Waals surface area contributed by atoms with Crippen LogP contribution in [0, 0.1) is 11.6 Å². The van der Waals surface area contributed by atoms with Crippen LogP contribution in [-0.2, 0) is 9.84 Å². The summed E-state index contributed by atoms with van der Waals surface area (Å²) in [4.78, 5) is -0.341. The number of hydrogen-bond acceptors (Lipinski definition) is 2. The van der Waals surface area contributed by atoms with Crippen molar-refractivity contribution in [1.29, 1.82) is 0 Å². The maximum atomic E-state index is 13.4. The summed E-state index contributed by atoms with van der Waals surface area (Å²) < 4.78 is 49.0. The van der Waals surface area contributed by atoms with Crippen molar-refractivity contribution < 1.29 is 17.2 Å². The van der Waals surface area contributed by atoms with Crippen LogP contribution in [-0.4, -0.2) is 14.7 Å². The van der Waals surface area contributed by atoms with Gasteiger partial charge in [-0.15, -0.1) is 0 Å². The molecule has 0 atom stereocenters. The molecule has 1 aromatic carbocycles. The van der Waals surface area contributed by atoms with Crippen molar-refractivity contribution in [2.24, 2.45) is 0 Å². The molecule has 0 aliphatic heterocycles. The predicted octanol–water partition coefficient (Wildman–Crippen LogP) is 2.25. The molecule has 0 N–H and O–H groups in total. The normalized spacial score (nSPS) is 16.7. The van der Waals surface area contributed by atoms with E-state index in [2.05, 4.69) is 0 Å². The van der Waals surface area contributed by atoms with Gasteiger partial charge in [0.15, 0.2) is 9.84 Å². The number of rotatable bonds is 2. The predicted molar refractivity (Wildman–Crippen MR) is 51.4 cm³/mol. The molecule has 0 spiro atoms. The fourth-order valence-corrected chi connectivity index (χ4v) is 2.74. The first-order valence-electron chi connectivity index (χ1n) is 4.58. The van der Waals surface area contributed by atoms with Crippen molar-refractivity contribution in [3.8, 4) is 0 Å². The van der Waals surface area contributed by atoms with Crippen molar-refractivity contribution in [3.05, 3.63) is 29.3 Å². The molecule has 82 valence electrons. The fourth-order valence-electron chi connectivity index (χ4n) is 1.67. The first-order valence-corrected chi connectivity index (χ1v) is 6.47. The van der Waals surface area contributed by atoms with Crippen LogP contribution in [0.3, 0.4) is 0 Å². The lowest BCUT2D eigenvalue weighted by atomic mass is 10.1. The van der Waals surface area contributed by atoms with E-state index in [1.54, 1.807) is 0 Å². The van der Waals surface area contributed by atoms with Crippen molar-refractivity contribution in [2.45, 2.75) is 23.7 Å². The quantitative estimate of drug-likeness (QED) is 0.733. The molecule has 0 aromatic heterocycles. The van der Waals surface area contributed by atoms with Gasteiger partial charge in [0.2, 0.25) is 0 Å². The van der Waals surface area contributed by atoms with E-state index in [9.17, 15) is 17.2 Å². The number of halogens is 2. The lowest BCUT2D eigenvalue weighted by Gasteiger charge is -2.08. The Morgan fingerprint density at radius 1 is 1.27 bits per heavy atom. The molecule has 2 rings (SSSR count). The van der Waals surface area contributed by atoms with Crippen LogP contribution in [0.1, 0.15) is 24.3 Å². The molecule has 1 saturated carbocycles. The van der Waals surface area contributed by atoms with E-state index in [-0.39, 0.29) is 16.4 Å². The van der Waals surface area contributed by atoms with Crippen molar-refractivity contribution in [2.75, 3.05) is 6.26 Å². The smallest absolute Gasteiger partial charge is 0.178 e. The summed E-state index contributed by atoms with van der Waals surface area (Å²) in [7, 11) is -3.63. The molecular weight excluding hydrogens is 222 g/mol. The van der Waals surface area contributed by atoms with Gasteiger partial charge >= 0.3 is 0 Å². The van der Waals surface area contributed by atoms with Gasteiger partial charge in [-0.05, 0) is 30.4 Å². The van der Waals surface area contributed by atoms with Crippen LogP contribution in [0.4, 0.5) is 8.78 Å². The van der Waals surface area contributed by atoms with Crippen molar-refractivity contribution in [3.63, 3.8) is 0 Å². The minimum atomic E-state index is -3.63. The SMILES string of the molecule is CS(=O)(=O)c1c(F)cc(F)cc1C1CC1. The third-order valence-electron chi connectivity index (χ3n) is 2.43. The molecule has 1 aliphatic carbocycles. The van der Waals surface area contributed by atoms with E-state index < -0.39 is 21.5 Å². The number of hydrogen-bond donors (Lipinski definition) is 0. The van der Waals surface area contributed by atoms with Crippen LogP contribution in [0.25, 0.3) is 0 Å². The average molecular weight is 232 g/mol. The Hall–Kier alpha value is -0.970. The molecule has 2 nitrogen and oxygen atoms in total. The van der Waals surface area contributed by atoms with Gasteiger partial charge in [0, 0.05) is 12.3 Å². The fraction of sp³-hybridized carbons (Fsp3) is 0.400. The van der Waals surface area contributed by atoms with Gasteiger partial charge in [0.1, 0.15) is 16.5 Å². The molecular formula is C10H10F2O2S. The average Bonchev–Trinajstić information content (AvgIpc) is 2.80. The highest BCUT2D eigenvalue weighted by Crippen LogP contribution is 2.43. The molecule has 0 unspecified atom stereocenters. The largest absolute Gasteiger partial charge is 0.224 e. The molecule has 15 heavy (non-hydrogen) atoms. The van der Waals surface area contributed by atoms with Gasteiger partial charge in [-0.1, -0.05) is 0 Å². The Morgan fingerprint density at radius 3 is 2.33 bits per heavy atom. The third-order valence-corrected chi connectivity index (χ3v) is 3.60. The van der Waals surface area contributed by atoms with Crippen molar-refractivity contribution >= 4 is 9.84 Å². The van der Waals surface area contributed by atoms with Crippen LogP contribution in [0.5, 0.6) is 0 Å². The molecule has 1 aromatic rings. The minimum absolute atomic E-state index is 0.0000694. The first-order chi connectivity index (χ1) is 6.89. The third kappa shape index (κ3) is 2.02. The molecule has 1 fully saturated rings. The second-order valence-electron chi connectivity index (χ2n) is 3.85. The summed E-state index contributed by atoms with van der Waals surface area (Å²) in [6.07, 6.45) is 2.53. The van der Waals surface area contributed by atoms with Gasteiger partial charge < -0.3 is 0 Å². The Kier molecular flexibility index (Phi) is 2.30. The van der Waals surface area contributed by atoms with E-state index in [4.69, 9.17) is 0 Å². The van der Waals surface area contributed by atoms with E-state index in [1.807, 2.05) is 0 Å². The topological polar surface area (TPSA) is 34.1 Å². The number of sulfone groups is 1. The van der Waals surface area contributed by atoms with Gasteiger partial charge in [-0.2, -0.15) is 0 Å². The summed E-state index contributed by atoms with van der Waals surface area (Å²) in [5.41, 5.74) is 0.287. The van der Waals surface area contributed by atoms with E-state index in [1.165, 1.54) is 0 Å². The summed E-state index contributed by atoms with van der Waals surface area (Å²) in [6.45, 7) is 0. The minimum Gasteiger partial charge on any atom is -0.224 e. The van der Waals surface area contributed by atoms with Crippen molar-refractivity contribution in [1.82, 2.24) is 0 Å². The van der Waals surface area contributed by atoms with Crippen LogP contribution >= 0.6 is 0 Å². The molecule has 0 bridgehead atoms. The van der Waals surface area contributed by atoms with Gasteiger partial charge in [0.05, 0.1) is 0 Å². The molecule has 1 aliphatic rings. The Bertz CT molecular complexity index is 504. The Morgan fingerprint density at radius 2 is 1.87 bits per heavy atom. The second-order valence-corrected chi connectivity index (χ2v) is 5.80. The zero-order valence-corrected chi connectivity index (χ0v) is 8.94. The first kappa shape index (κ1) is 10.5. The molecule has 0 heterocycles. The highest BCUT2D eigenvalue weighted by Gasteiger charge is 2.31. The lowest BCUT2D eigenvalue weighted by Crippen LogP contribution is -2.06. The maximum Gasteiger partial charge on any atom is 0.178 e. The molecule has 0 saturated heterocycles. The summed E-state index contributed by atoms with van der Waals surface area (Å²) >= 11 is 0. The standard InChI is InChI=1S/C10H10F2O2S/c1-15(13,14)10-8(6-2-3-6)4-7(11)5-9(10)12/h4-6H,2-3H2,1H3. The van der Waals surface area contributed by atoms with Crippen LogP contribution < -0.4 is 0 Å². The summed E-state index contributed by atoms with van der Waals surface area (Å²) in [5.74, 6) is -1.71. The zero-order valence-electron chi connectivity index (χ0n) is 8.13. The van der Waals surface area contributed by atoms with Gasteiger partial charge in [0.25, 0.3) is 0 Å². The monoisotopic (exact) mass is 232 g/mol. The van der Waals surface area contributed by atoms with Crippen LogP contribution in [0.15, 0.2) is 17.0 Å². The van der Waals surface area contributed by atoms with E-state index in [0.29, 0.717) is 6.07 Å². The molecule has 0 amide bonds. The Labute approximate surface area is 86.8 Å². The molecule has 0 radical (unpaired) electrons. The van der Waals surface area contributed by atoms with Gasteiger partial charge in [-0.3, -0.25) is 0 Å². The maximum absolute atomic E-state index is 13.4. The lowest BCUT2D eigenvalue weighted by molar-refractivity contribution is 0.545. The van der Waals surface area contributed by atoms with Gasteiger partial charge in [-0.25, -0.2) is 17.2 Å². The Balaban J connectivity index is 2.70. The molecule has 5 heteroatoms. The highest BCUT2D eigenvalue weighted by molar-refractivity contribution is 7.90. The van der Waals surface area contributed by atoms with E-state index >= 15 is 0 Å². The summed E-state index contributed by atoms with van der Waals surface area (Å²) in [6, 6.07) is 1.74. The number of benzene rings is 1. The highest BCUT2D eigenvalue weighted by atomic mass is 32.2.